The summed E-state index contributed by atoms with van der Waals surface area (Å²) < 4.78 is 51.1. The number of aryl methyl sites for hydroxylation is 4. The summed E-state index contributed by atoms with van der Waals surface area (Å²) in [5.74, 6) is 4.36. The Kier molecular flexibility index (Phi) is 39.0. The van der Waals surface area contributed by atoms with E-state index in [1.54, 1.807) is 48.5 Å². The molecule has 17 rings (SSSR count). The second-order valence-corrected chi connectivity index (χ2v) is 41.8. The van der Waals surface area contributed by atoms with Crippen molar-refractivity contribution >= 4 is 118 Å². The fraction of sp³-hybridized carbons (Fsp3) is 0.467. The average Bonchev–Trinajstić information content (AvgIpc) is 1.65. The largest absolute Gasteiger partial charge is 0.361 e. The number of carbonyl (C=O) groups is 5. The number of hydrogen-bond donors (Lipinski definition) is 7. The van der Waals surface area contributed by atoms with E-state index in [-0.39, 0.29) is 63.9 Å². The first kappa shape index (κ1) is 106. The maximum atomic E-state index is 12.8. The number of benzene rings is 5. The van der Waals surface area contributed by atoms with Crippen LogP contribution in [0, 0.1) is 39.5 Å². The molecule has 31 nitrogen and oxygen atoms in total. The zero-order valence-electron chi connectivity index (χ0n) is 82.4. The minimum Gasteiger partial charge on any atom is -0.361 e. The summed E-state index contributed by atoms with van der Waals surface area (Å²) in [7, 11) is 1.33. The first-order valence-electron chi connectivity index (χ1n) is 49.5. The van der Waals surface area contributed by atoms with Crippen LogP contribution in [-0.2, 0) is 19.9 Å². The van der Waals surface area contributed by atoms with E-state index in [0.717, 1.165) is 112 Å². The highest BCUT2D eigenvalue weighted by Gasteiger charge is 2.33. The van der Waals surface area contributed by atoms with Crippen LogP contribution < -0.4 is 55.8 Å². The van der Waals surface area contributed by atoms with Crippen molar-refractivity contribution in [1.82, 2.24) is 59.5 Å². The van der Waals surface area contributed by atoms with E-state index in [4.69, 9.17) is 0 Å². The molecule has 6 heterocycles. The van der Waals surface area contributed by atoms with Crippen molar-refractivity contribution < 1.29 is 40.8 Å². The van der Waals surface area contributed by atoms with Crippen LogP contribution in [0.2, 0.25) is 0 Å². The second kappa shape index (κ2) is 51.4. The number of aromatic amines is 1. The topological polar surface area (TPSA) is 387 Å². The van der Waals surface area contributed by atoms with E-state index in [9.17, 15) is 40.8 Å². The van der Waals surface area contributed by atoms with Crippen molar-refractivity contribution in [2.75, 3.05) is 98.1 Å². The number of fused-ring (bicyclic) bond motifs is 1. The molecule has 5 amide bonds. The molecule has 6 fully saturated rings. The number of aromatic nitrogens is 11. The molecule has 7 N–H and O–H groups in total. The maximum Gasteiger partial charge on any atom is 0.274 e. The van der Waals surface area contributed by atoms with Gasteiger partial charge in [0.05, 0.1) is 15.5 Å². The molecule has 5 aromatic carbocycles. The second-order valence-electron chi connectivity index (χ2n) is 37.9. The van der Waals surface area contributed by atoms with Crippen molar-refractivity contribution in [1.29, 1.82) is 0 Å². The lowest BCUT2D eigenvalue weighted by Gasteiger charge is -2.35. The van der Waals surface area contributed by atoms with Crippen molar-refractivity contribution in [3.63, 3.8) is 0 Å². The molecule has 0 atom stereocenters. The lowest BCUT2D eigenvalue weighted by molar-refractivity contribution is 0.101. The third-order valence-corrected chi connectivity index (χ3v) is 30.6. The van der Waals surface area contributed by atoms with Gasteiger partial charge >= 0.3 is 0 Å². The molecule has 6 saturated carbocycles. The summed E-state index contributed by atoms with van der Waals surface area (Å²) in [6.45, 7) is 15.6. The zero-order valence-corrected chi connectivity index (χ0v) is 84.0. The molecule has 746 valence electrons. The number of carbonyl (C=O) groups excluding carboxylic acids is 5. The van der Waals surface area contributed by atoms with Gasteiger partial charge in [-0.15, -0.1) is 0 Å². The van der Waals surface area contributed by atoms with Crippen LogP contribution in [0.25, 0.3) is 10.9 Å². The van der Waals surface area contributed by atoms with E-state index in [2.05, 4.69) is 151 Å². The Balaban J connectivity index is 0.000000156. The highest BCUT2D eigenvalue weighted by atomic mass is 32.2. The van der Waals surface area contributed by atoms with Crippen LogP contribution in [0.1, 0.15) is 283 Å². The molecule has 0 saturated heterocycles. The van der Waals surface area contributed by atoms with Gasteiger partial charge in [-0.05, 0) is 238 Å². The molecule has 0 bridgehead atoms. The van der Waals surface area contributed by atoms with Crippen LogP contribution in [0.3, 0.4) is 0 Å². The van der Waals surface area contributed by atoms with Crippen molar-refractivity contribution in [3.8, 4) is 0 Å². The number of anilines is 10. The molecule has 0 spiro atoms. The summed E-state index contributed by atoms with van der Waals surface area (Å²) in [5.41, 5.74) is 10.7. The lowest BCUT2D eigenvalue weighted by atomic mass is 9.87. The Labute approximate surface area is 826 Å². The minimum absolute atomic E-state index is 0. The molecular weight excluding hydrogens is 1800 g/mol. The van der Waals surface area contributed by atoms with E-state index < -0.39 is 19.9 Å². The van der Waals surface area contributed by atoms with Crippen molar-refractivity contribution in [2.24, 2.45) is 11.8 Å². The summed E-state index contributed by atoms with van der Waals surface area (Å²) in [5, 5.41) is 15.5. The minimum atomic E-state index is -3.53. The fourth-order valence-corrected chi connectivity index (χ4v) is 21.1. The maximum absolute atomic E-state index is 12.8. The molecule has 0 unspecified atom stereocenters. The monoisotopic (exact) mass is 1940 g/mol. The fourth-order valence-electron chi connectivity index (χ4n) is 18.6. The van der Waals surface area contributed by atoms with Gasteiger partial charge in [0, 0.05) is 147 Å². The van der Waals surface area contributed by atoms with Crippen LogP contribution in [0.5, 0.6) is 0 Å². The number of amides is 5. The quantitative estimate of drug-likeness (QED) is 0.0229. The molecule has 11 aromatic rings. The molecule has 0 aliphatic heterocycles. The molecule has 6 aliphatic carbocycles. The number of sulfone groups is 1. The number of rotatable bonds is 29. The molecule has 33 heteroatoms. The van der Waals surface area contributed by atoms with E-state index in [0.29, 0.717) is 78.1 Å². The summed E-state index contributed by atoms with van der Waals surface area (Å²) in [6, 6.07) is 43.3. The van der Waals surface area contributed by atoms with Crippen LogP contribution >= 0.6 is 0 Å². The highest BCUT2D eigenvalue weighted by molar-refractivity contribution is 7.91. The number of sulfonamides is 1. The van der Waals surface area contributed by atoms with Gasteiger partial charge in [0.15, 0.2) is 9.84 Å². The Hall–Kier alpha value is -12.8. The summed E-state index contributed by atoms with van der Waals surface area (Å²) >= 11 is 0. The van der Waals surface area contributed by atoms with Gasteiger partial charge in [0.1, 0.15) is 89.2 Å². The van der Waals surface area contributed by atoms with E-state index in [1.165, 1.54) is 208 Å². The molecular formula is C107H142N22O9S2. The Morgan fingerprint density at radius 3 is 1.09 bits per heavy atom. The zero-order chi connectivity index (χ0) is 98.5. The van der Waals surface area contributed by atoms with Crippen LogP contribution in [0.15, 0.2) is 187 Å². The van der Waals surface area contributed by atoms with Gasteiger partial charge in [-0.1, -0.05) is 141 Å². The third-order valence-electron chi connectivity index (χ3n) is 27.2. The van der Waals surface area contributed by atoms with Crippen LogP contribution in [-0.4, -0.2) is 178 Å². The van der Waals surface area contributed by atoms with Gasteiger partial charge in [0.25, 0.3) is 29.5 Å². The summed E-state index contributed by atoms with van der Waals surface area (Å²) in [4.78, 5) is 121. The SMILES string of the molecule is C.CCCNS(=O)(=O)c1ccc(NC(=O)c2cc(N(C)C3CCCCC3)ncn2)cc1.CCCS(=O)(=O)c1ccc(NC(=O)c2cc(N(C)C3CCCCC3)ncn2)cc1.CN(c1cc(C(=O)Nc2ccc3[nH]ccc3c2)ncn1)C1CCCCC1.Cc1ccc(NC(=O)c2cc(N(C)C3CCC(C)CC3)ncn2)c(C)c1.Cc1ccc(NC(=O)c2cc(N(CC3CC3)C3CCCCC3)ncn2)c(C)c1. The number of nitrogens with one attached hydrogen (secondary N) is 7. The highest BCUT2D eigenvalue weighted by Crippen LogP contribution is 2.37. The molecule has 0 radical (unpaired) electrons. The lowest BCUT2D eigenvalue weighted by Crippen LogP contribution is -2.39. The van der Waals surface area contributed by atoms with Crippen molar-refractivity contribution in [2.45, 2.75) is 276 Å². The van der Waals surface area contributed by atoms with Gasteiger partial charge in [-0.2, -0.15) is 0 Å². The first-order chi connectivity index (χ1) is 67.0. The molecule has 6 aromatic heterocycles. The Morgan fingerprint density at radius 2 is 0.714 bits per heavy atom. The number of H-pyrrole nitrogens is 1. The van der Waals surface area contributed by atoms with Crippen molar-refractivity contribution in [3.05, 3.63) is 228 Å². The molecule has 6 aliphatic rings. The van der Waals surface area contributed by atoms with Gasteiger partial charge < -0.3 is 56.1 Å². The van der Waals surface area contributed by atoms with E-state index >= 15 is 0 Å². The number of hydrogen-bond acceptors (Lipinski definition) is 24. The third kappa shape index (κ3) is 30.4. The standard InChI is InChI=1S/C23H30N4O.C21H29N5O3S.C21H28N4O3S.C21H28N4O.C20H23N5O.CH4/c1-16-8-11-20(17(2)12-16)26-23(28)21-13-22(25-15-24-21)27(14-18-9-10-18)19-6-4-3-5-7-19;1-3-13-24-30(28,29)18-11-9-16(10-12-18)25-21(27)19-14-20(23-15-22-19)26(2)17-7-5-4-6-8-17;1-3-13-29(27,28)18-11-9-16(10-12-18)24-21(26)19-14-20(23-15-22-19)25(2)17-7-5-4-6-8-17;1-14-5-8-17(9-6-14)25(4)20-12-19(22-13-23-20)21(26)24-18-10-7-15(2)11-16(18)3;1-25(16-5-3-2-4-6-16)19-12-18(22-13-23-19)20(26)24-15-7-8-17-14(11-15)9-10-21-17;/h8,11-13,15,18-19H,3-7,9-10,14H2,1-2H3,(H,26,28);9-12,14-15,17,24H,3-8,13H2,1-2H3,(H,25,27);9-12,14-15,17H,3-8,13H2,1-2H3,(H,24,26);7,10-14,17H,5-6,8-9H2,1-4H3,(H,24,26);7-13,16,21H,2-6H2,1H3,(H,24,26);1H4. The van der Waals surface area contributed by atoms with Gasteiger partial charge in [-0.25, -0.2) is 71.4 Å². The van der Waals surface area contributed by atoms with E-state index in [1.807, 2.05) is 110 Å². The Bertz CT molecular complexity index is 6150. The summed E-state index contributed by atoms with van der Waals surface area (Å²) in [6.07, 6.45) is 42.4. The average molecular weight is 1940 g/mol. The van der Waals surface area contributed by atoms with Crippen LogP contribution in [0.4, 0.5) is 57.5 Å². The first-order valence-corrected chi connectivity index (χ1v) is 52.7. The smallest absolute Gasteiger partial charge is 0.274 e. The Morgan fingerprint density at radius 1 is 0.364 bits per heavy atom. The van der Waals surface area contributed by atoms with Gasteiger partial charge in [0.2, 0.25) is 10.0 Å². The molecule has 140 heavy (non-hydrogen) atoms. The van der Waals surface area contributed by atoms with Gasteiger partial charge in [-0.3, -0.25) is 24.0 Å². The number of nitrogens with zero attached hydrogens (tertiary/aromatic N) is 15. The predicted octanol–water partition coefficient (Wildman–Crippen LogP) is 20.7. The predicted molar refractivity (Wildman–Crippen MR) is 560 cm³/mol. The normalized spacial score (nSPS) is 16.3.